The molecule has 2 aromatic rings. The SMILES string of the molecule is CNC(=O)c1cc(-c2ccccc2)ccc1C(C)[Si](C)(C)C. The fourth-order valence-electron chi connectivity index (χ4n) is 2.54. The molecule has 0 aliphatic heterocycles. The summed E-state index contributed by atoms with van der Waals surface area (Å²) in [7, 11) is 0.327. The van der Waals surface area contributed by atoms with E-state index in [-0.39, 0.29) is 5.91 Å². The molecule has 0 aromatic heterocycles. The van der Waals surface area contributed by atoms with E-state index in [1.807, 2.05) is 24.3 Å². The molecular formula is C19H25NOSi. The zero-order valence-electron chi connectivity index (χ0n) is 14.1. The molecule has 0 bridgehead atoms. The first-order valence-electron chi connectivity index (χ1n) is 7.76. The number of carbonyl (C=O) groups is 1. The van der Waals surface area contributed by atoms with E-state index in [1.54, 1.807) is 7.05 Å². The summed E-state index contributed by atoms with van der Waals surface area (Å²) in [5.41, 5.74) is 4.63. The van der Waals surface area contributed by atoms with Gasteiger partial charge in [-0.1, -0.05) is 69.0 Å². The highest BCUT2D eigenvalue weighted by atomic mass is 28.3. The van der Waals surface area contributed by atoms with Gasteiger partial charge in [0.25, 0.3) is 5.91 Å². The average Bonchev–Trinajstić information content (AvgIpc) is 2.52. The summed E-state index contributed by atoms with van der Waals surface area (Å²) < 4.78 is 0. The van der Waals surface area contributed by atoms with Gasteiger partial charge in [-0.25, -0.2) is 0 Å². The normalized spacial score (nSPS) is 12.8. The van der Waals surface area contributed by atoms with Crippen LogP contribution in [0.5, 0.6) is 0 Å². The Morgan fingerprint density at radius 2 is 1.64 bits per heavy atom. The van der Waals surface area contributed by atoms with Gasteiger partial charge in [0.05, 0.1) is 8.07 Å². The smallest absolute Gasteiger partial charge is 0.251 e. The van der Waals surface area contributed by atoms with E-state index in [0.717, 1.165) is 22.3 Å². The number of amides is 1. The van der Waals surface area contributed by atoms with E-state index in [4.69, 9.17) is 0 Å². The van der Waals surface area contributed by atoms with Gasteiger partial charge < -0.3 is 5.32 Å². The van der Waals surface area contributed by atoms with Crippen LogP contribution in [0.1, 0.15) is 28.4 Å². The Morgan fingerprint density at radius 1 is 1.00 bits per heavy atom. The molecule has 1 amide bonds. The average molecular weight is 312 g/mol. The Labute approximate surface area is 134 Å². The predicted octanol–water partition coefficient (Wildman–Crippen LogP) is 4.69. The predicted molar refractivity (Wildman–Crippen MR) is 97.0 cm³/mol. The van der Waals surface area contributed by atoms with Gasteiger partial charge in [0.2, 0.25) is 0 Å². The largest absolute Gasteiger partial charge is 0.355 e. The van der Waals surface area contributed by atoms with E-state index in [2.05, 4.69) is 56.1 Å². The summed E-state index contributed by atoms with van der Waals surface area (Å²) in [5, 5.41) is 2.78. The highest BCUT2D eigenvalue weighted by Gasteiger charge is 2.27. The van der Waals surface area contributed by atoms with Crippen LogP contribution in [0.25, 0.3) is 11.1 Å². The molecule has 3 heteroatoms. The molecule has 0 saturated heterocycles. The highest BCUT2D eigenvalue weighted by Crippen LogP contribution is 2.32. The van der Waals surface area contributed by atoms with Crippen LogP contribution in [0.4, 0.5) is 0 Å². The summed E-state index contributed by atoms with van der Waals surface area (Å²) in [5.74, 6) is -0.00196. The maximum absolute atomic E-state index is 12.4. The van der Waals surface area contributed by atoms with E-state index in [1.165, 1.54) is 0 Å². The Bertz CT molecular complexity index is 659. The van der Waals surface area contributed by atoms with Crippen LogP contribution in [0.3, 0.4) is 0 Å². The van der Waals surface area contributed by atoms with Crippen LogP contribution in [0, 0.1) is 0 Å². The van der Waals surface area contributed by atoms with Crippen LogP contribution in [0.2, 0.25) is 19.6 Å². The second-order valence-electron chi connectivity index (χ2n) is 6.83. The summed E-state index contributed by atoms with van der Waals surface area (Å²) in [6.45, 7) is 9.28. The Kier molecular flexibility index (Phi) is 4.86. The first-order chi connectivity index (χ1) is 10.3. The van der Waals surface area contributed by atoms with Crippen LogP contribution in [-0.4, -0.2) is 21.0 Å². The Balaban J connectivity index is 2.55. The van der Waals surface area contributed by atoms with Gasteiger partial charge >= 0.3 is 0 Å². The van der Waals surface area contributed by atoms with Crippen molar-refractivity contribution >= 4 is 14.0 Å². The molecule has 0 radical (unpaired) electrons. The molecular weight excluding hydrogens is 286 g/mol. The zero-order valence-corrected chi connectivity index (χ0v) is 15.1. The van der Waals surface area contributed by atoms with Gasteiger partial charge in [0, 0.05) is 12.6 Å². The minimum Gasteiger partial charge on any atom is -0.355 e. The summed E-state index contributed by atoms with van der Waals surface area (Å²) in [4.78, 5) is 12.4. The van der Waals surface area contributed by atoms with Crippen molar-refractivity contribution in [2.45, 2.75) is 32.1 Å². The molecule has 116 valence electrons. The number of hydrogen-bond acceptors (Lipinski definition) is 1. The van der Waals surface area contributed by atoms with E-state index < -0.39 is 8.07 Å². The lowest BCUT2D eigenvalue weighted by Crippen LogP contribution is -2.31. The number of carbonyl (C=O) groups excluding carboxylic acids is 1. The maximum atomic E-state index is 12.4. The lowest BCUT2D eigenvalue weighted by atomic mass is 9.97. The second kappa shape index (κ2) is 6.49. The summed E-state index contributed by atoms with van der Waals surface area (Å²) >= 11 is 0. The molecule has 1 atom stereocenters. The summed E-state index contributed by atoms with van der Waals surface area (Å²) in [6.07, 6.45) is 0. The molecule has 22 heavy (non-hydrogen) atoms. The minimum absolute atomic E-state index is 0.00196. The van der Waals surface area contributed by atoms with Crippen molar-refractivity contribution in [1.82, 2.24) is 5.32 Å². The fourth-order valence-corrected chi connectivity index (χ4v) is 3.73. The van der Waals surface area contributed by atoms with Crippen molar-refractivity contribution < 1.29 is 4.79 Å². The van der Waals surface area contributed by atoms with Gasteiger partial charge in [0.1, 0.15) is 0 Å². The van der Waals surface area contributed by atoms with Gasteiger partial charge in [-0.15, -0.1) is 0 Å². The molecule has 2 nitrogen and oxygen atoms in total. The third-order valence-electron chi connectivity index (χ3n) is 4.40. The number of benzene rings is 2. The maximum Gasteiger partial charge on any atom is 0.251 e. The zero-order chi connectivity index (χ0) is 16.3. The highest BCUT2D eigenvalue weighted by molar-refractivity contribution is 6.77. The fraction of sp³-hybridized carbons (Fsp3) is 0.316. The molecule has 0 fully saturated rings. The van der Waals surface area contributed by atoms with Crippen LogP contribution in [0.15, 0.2) is 48.5 Å². The first-order valence-corrected chi connectivity index (χ1v) is 11.3. The molecule has 2 rings (SSSR count). The minimum atomic E-state index is -1.37. The monoisotopic (exact) mass is 311 g/mol. The molecule has 0 aliphatic rings. The molecule has 0 aliphatic carbocycles. The number of nitrogens with one attached hydrogen (secondary N) is 1. The molecule has 0 spiro atoms. The van der Waals surface area contributed by atoms with Crippen LogP contribution < -0.4 is 5.32 Å². The van der Waals surface area contributed by atoms with Gasteiger partial charge in [-0.05, 0) is 28.3 Å². The first kappa shape index (κ1) is 16.5. The Morgan fingerprint density at radius 3 is 2.18 bits per heavy atom. The molecule has 0 saturated carbocycles. The van der Waals surface area contributed by atoms with Crippen molar-refractivity contribution in [3.8, 4) is 11.1 Å². The van der Waals surface area contributed by atoms with E-state index in [0.29, 0.717) is 5.54 Å². The Hall–Kier alpha value is -1.87. The third kappa shape index (κ3) is 3.47. The molecule has 2 aromatic carbocycles. The standard InChI is InChI=1S/C19H25NOSi/c1-14(22(3,4)5)17-12-11-16(13-18(17)19(21)20-2)15-9-7-6-8-10-15/h6-14H,1-5H3,(H,20,21). The molecule has 1 N–H and O–H groups in total. The molecule has 0 heterocycles. The van der Waals surface area contributed by atoms with Gasteiger partial charge in [-0.3, -0.25) is 4.79 Å². The third-order valence-corrected chi connectivity index (χ3v) is 7.31. The topological polar surface area (TPSA) is 29.1 Å². The van der Waals surface area contributed by atoms with Gasteiger partial charge in [0.15, 0.2) is 0 Å². The van der Waals surface area contributed by atoms with Crippen molar-refractivity contribution in [3.63, 3.8) is 0 Å². The van der Waals surface area contributed by atoms with Crippen molar-refractivity contribution in [1.29, 1.82) is 0 Å². The summed E-state index contributed by atoms with van der Waals surface area (Å²) in [6, 6.07) is 16.5. The lowest BCUT2D eigenvalue weighted by molar-refractivity contribution is 0.0962. The lowest BCUT2D eigenvalue weighted by Gasteiger charge is -2.27. The van der Waals surface area contributed by atoms with Crippen molar-refractivity contribution in [3.05, 3.63) is 59.7 Å². The van der Waals surface area contributed by atoms with E-state index in [9.17, 15) is 4.79 Å². The van der Waals surface area contributed by atoms with Gasteiger partial charge in [-0.2, -0.15) is 0 Å². The quantitative estimate of drug-likeness (QED) is 0.815. The van der Waals surface area contributed by atoms with Crippen LogP contribution >= 0.6 is 0 Å². The number of rotatable bonds is 4. The van der Waals surface area contributed by atoms with Crippen LogP contribution in [-0.2, 0) is 0 Å². The van der Waals surface area contributed by atoms with Crippen molar-refractivity contribution in [2.75, 3.05) is 7.05 Å². The second-order valence-corrected chi connectivity index (χ2v) is 12.4. The molecule has 1 unspecified atom stereocenters. The number of hydrogen-bond donors (Lipinski definition) is 1. The van der Waals surface area contributed by atoms with E-state index >= 15 is 0 Å². The van der Waals surface area contributed by atoms with Crippen molar-refractivity contribution in [2.24, 2.45) is 0 Å².